The Balaban J connectivity index is 1.94. The zero-order valence-corrected chi connectivity index (χ0v) is 20.1. The molecule has 0 amide bonds. The normalized spacial score (nSPS) is 14.9. The zero-order chi connectivity index (χ0) is 21.8. The number of benzene rings is 1. The summed E-state index contributed by atoms with van der Waals surface area (Å²) in [5.41, 5.74) is 3.43. The molecule has 3 rings (SSSR count). The number of hydrogen-bond acceptors (Lipinski definition) is 6. The van der Waals surface area contributed by atoms with Gasteiger partial charge >= 0.3 is 0 Å². The van der Waals surface area contributed by atoms with Crippen molar-refractivity contribution in [2.45, 2.75) is 72.6 Å². The van der Waals surface area contributed by atoms with Crippen LogP contribution >= 0.6 is 11.5 Å². The summed E-state index contributed by atoms with van der Waals surface area (Å²) in [5, 5.41) is 4.42. The molecule has 1 aromatic heterocycles. The van der Waals surface area contributed by atoms with Crippen LogP contribution in [-0.2, 0) is 4.79 Å². The fourth-order valence-electron chi connectivity index (χ4n) is 3.85. The number of nitrogens with one attached hydrogen (secondary N) is 1. The van der Waals surface area contributed by atoms with Gasteiger partial charge in [0.1, 0.15) is 11.6 Å². The van der Waals surface area contributed by atoms with Crippen LogP contribution in [0, 0.1) is 11.8 Å². The number of Topliss-reactive ketones (excluding diaryl/α,β-unsaturated/α-hetero) is 1. The van der Waals surface area contributed by atoms with Crippen LogP contribution in [0.25, 0.3) is 0 Å². The molecular formula is C24H36N4OS. The molecule has 1 aliphatic rings. The van der Waals surface area contributed by atoms with Crippen molar-refractivity contribution < 1.29 is 4.79 Å². The minimum Gasteiger partial charge on any atom is -0.369 e. The predicted molar refractivity (Wildman–Crippen MR) is 127 cm³/mol. The maximum absolute atomic E-state index is 11.7. The van der Waals surface area contributed by atoms with E-state index < -0.39 is 0 Å². The van der Waals surface area contributed by atoms with E-state index in [0.717, 1.165) is 29.7 Å². The Morgan fingerprint density at radius 2 is 1.83 bits per heavy atom. The molecule has 1 saturated carbocycles. The molecule has 1 heterocycles. The van der Waals surface area contributed by atoms with Crippen LogP contribution in [0.1, 0.15) is 84.0 Å². The van der Waals surface area contributed by atoms with Crippen molar-refractivity contribution in [2.24, 2.45) is 11.8 Å². The predicted octanol–water partition coefficient (Wildman–Crippen LogP) is 6.36. The molecule has 0 saturated heterocycles. The first-order chi connectivity index (χ1) is 14.2. The second-order valence-electron chi connectivity index (χ2n) is 9.63. The molecule has 2 aromatic rings. The number of ketones is 1. The van der Waals surface area contributed by atoms with Crippen molar-refractivity contribution in [3.8, 4) is 0 Å². The third-order valence-corrected chi connectivity index (χ3v) is 5.97. The molecule has 6 heteroatoms. The van der Waals surface area contributed by atoms with Gasteiger partial charge in [0.15, 0.2) is 0 Å². The average molecular weight is 429 g/mol. The van der Waals surface area contributed by atoms with Gasteiger partial charge in [-0.1, -0.05) is 40.7 Å². The van der Waals surface area contributed by atoms with Crippen LogP contribution < -0.4 is 10.2 Å². The Morgan fingerprint density at radius 1 is 1.17 bits per heavy atom. The van der Waals surface area contributed by atoms with Crippen LogP contribution in [0.2, 0.25) is 0 Å². The van der Waals surface area contributed by atoms with Gasteiger partial charge in [-0.15, -0.1) is 0 Å². The fourth-order valence-corrected chi connectivity index (χ4v) is 4.51. The standard InChI is InChI=1S/C24H36N4OS/c1-15(2)13-28(14-16(3)4)22-10-9-20(17(5)11-18(6)29)12-21(22)25-24-26-23(27-30-24)19-7-8-19/h9-10,12,15-17,19H,7-8,11,13-14H2,1-6H3,(H,25,26,27). The summed E-state index contributed by atoms with van der Waals surface area (Å²) < 4.78 is 4.55. The Labute approximate surface area is 185 Å². The zero-order valence-electron chi connectivity index (χ0n) is 19.2. The Hall–Kier alpha value is -1.95. The van der Waals surface area contributed by atoms with Crippen molar-refractivity contribution in [3.05, 3.63) is 29.6 Å². The van der Waals surface area contributed by atoms with E-state index in [2.05, 4.69) is 67.4 Å². The maximum Gasteiger partial charge on any atom is 0.207 e. The number of carbonyl (C=O) groups excluding carboxylic acids is 1. The summed E-state index contributed by atoms with van der Waals surface area (Å²) in [5.74, 6) is 3.08. The largest absolute Gasteiger partial charge is 0.369 e. The van der Waals surface area contributed by atoms with Gasteiger partial charge in [-0.3, -0.25) is 0 Å². The van der Waals surface area contributed by atoms with E-state index in [0.29, 0.717) is 24.2 Å². The molecular weight excluding hydrogens is 392 g/mol. The lowest BCUT2D eigenvalue weighted by Gasteiger charge is -2.31. The smallest absolute Gasteiger partial charge is 0.207 e. The molecule has 1 unspecified atom stereocenters. The van der Waals surface area contributed by atoms with E-state index in [1.54, 1.807) is 6.92 Å². The third-order valence-electron chi connectivity index (χ3n) is 5.32. The number of anilines is 3. The van der Waals surface area contributed by atoms with Gasteiger partial charge < -0.3 is 15.0 Å². The summed E-state index contributed by atoms with van der Waals surface area (Å²) in [6, 6.07) is 6.59. The van der Waals surface area contributed by atoms with E-state index >= 15 is 0 Å². The molecule has 1 N–H and O–H groups in total. The molecule has 1 fully saturated rings. The molecule has 1 atom stereocenters. The highest BCUT2D eigenvalue weighted by Gasteiger charge is 2.28. The van der Waals surface area contributed by atoms with Crippen molar-refractivity contribution in [3.63, 3.8) is 0 Å². The van der Waals surface area contributed by atoms with Crippen LogP contribution in [0.15, 0.2) is 18.2 Å². The van der Waals surface area contributed by atoms with Gasteiger partial charge in [0.25, 0.3) is 0 Å². The molecule has 1 aromatic carbocycles. The fraction of sp³-hybridized carbons (Fsp3) is 0.625. The highest BCUT2D eigenvalue weighted by Crippen LogP contribution is 2.40. The third kappa shape index (κ3) is 6.27. The van der Waals surface area contributed by atoms with Gasteiger partial charge in [0.2, 0.25) is 5.13 Å². The second kappa shape index (κ2) is 9.90. The molecule has 30 heavy (non-hydrogen) atoms. The maximum atomic E-state index is 11.7. The molecule has 5 nitrogen and oxygen atoms in total. The molecule has 1 aliphatic carbocycles. The van der Waals surface area contributed by atoms with Crippen LogP contribution in [0.4, 0.5) is 16.5 Å². The number of aromatic nitrogens is 2. The van der Waals surface area contributed by atoms with Crippen molar-refractivity contribution in [1.82, 2.24) is 9.36 Å². The quantitative estimate of drug-likeness (QED) is 0.451. The highest BCUT2D eigenvalue weighted by atomic mass is 32.1. The van der Waals surface area contributed by atoms with E-state index in [-0.39, 0.29) is 11.7 Å². The number of rotatable bonds is 11. The lowest BCUT2D eigenvalue weighted by molar-refractivity contribution is -0.117. The van der Waals surface area contributed by atoms with Gasteiger partial charge in [0, 0.05) is 37.0 Å². The Bertz CT molecular complexity index is 847. The molecule has 0 spiro atoms. The first-order valence-corrected chi connectivity index (χ1v) is 12.0. The summed E-state index contributed by atoms with van der Waals surface area (Å²) >= 11 is 1.44. The first kappa shape index (κ1) is 22.7. The van der Waals surface area contributed by atoms with Crippen LogP contribution in [-0.4, -0.2) is 28.2 Å². The SMILES string of the molecule is CC(=O)CC(C)c1ccc(N(CC(C)C)CC(C)C)c(Nc2nc(C3CC3)ns2)c1. The number of carbonyl (C=O) groups is 1. The highest BCUT2D eigenvalue weighted by molar-refractivity contribution is 7.09. The Morgan fingerprint density at radius 3 is 2.40 bits per heavy atom. The summed E-state index contributed by atoms with van der Waals surface area (Å²) in [7, 11) is 0. The van der Waals surface area contributed by atoms with Crippen LogP contribution in [0.3, 0.4) is 0 Å². The molecule has 0 radical (unpaired) electrons. The van der Waals surface area contributed by atoms with Crippen molar-refractivity contribution >= 4 is 33.8 Å². The first-order valence-electron chi connectivity index (χ1n) is 11.2. The second-order valence-corrected chi connectivity index (χ2v) is 10.4. The molecule has 0 bridgehead atoms. The monoisotopic (exact) mass is 428 g/mol. The van der Waals surface area contributed by atoms with E-state index in [1.165, 1.54) is 35.6 Å². The number of hydrogen-bond donors (Lipinski definition) is 1. The minimum absolute atomic E-state index is 0.192. The average Bonchev–Trinajstić information content (AvgIpc) is 3.39. The lowest BCUT2D eigenvalue weighted by atomic mass is 9.95. The van der Waals surface area contributed by atoms with E-state index in [1.807, 2.05) is 0 Å². The summed E-state index contributed by atoms with van der Waals surface area (Å²) in [6.45, 7) is 14.8. The van der Waals surface area contributed by atoms with Gasteiger partial charge in [0.05, 0.1) is 11.4 Å². The minimum atomic E-state index is 0.192. The summed E-state index contributed by atoms with van der Waals surface area (Å²) in [6.07, 6.45) is 2.97. The Kier molecular flexibility index (Phi) is 7.50. The number of nitrogens with zero attached hydrogens (tertiary/aromatic N) is 3. The molecule has 164 valence electrons. The van der Waals surface area contributed by atoms with Gasteiger partial charge in [-0.2, -0.15) is 4.37 Å². The lowest BCUT2D eigenvalue weighted by Crippen LogP contribution is -2.31. The van der Waals surface area contributed by atoms with Crippen molar-refractivity contribution in [1.29, 1.82) is 0 Å². The van der Waals surface area contributed by atoms with Gasteiger partial charge in [-0.05, 0) is 55.2 Å². The van der Waals surface area contributed by atoms with E-state index in [4.69, 9.17) is 4.98 Å². The summed E-state index contributed by atoms with van der Waals surface area (Å²) in [4.78, 5) is 18.9. The van der Waals surface area contributed by atoms with Crippen LogP contribution in [0.5, 0.6) is 0 Å². The van der Waals surface area contributed by atoms with E-state index in [9.17, 15) is 4.79 Å². The molecule has 0 aliphatic heterocycles. The van der Waals surface area contributed by atoms with Crippen molar-refractivity contribution in [2.75, 3.05) is 23.3 Å². The van der Waals surface area contributed by atoms with Gasteiger partial charge in [-0.25, -0.2) is 4.98 Å². The topological polar surface area (TPSA) is 58.1 Å².